The third-order valence-electron chi connectivity index (χ3n) is 6.19. The van der Waals surface area contributed by atoms with Gasteiger partial charge in [-0.1, -0.05) is 12.1 Å². The van der Waals surface area contributed by atoms with Crippen LogP contribution in [0.1, 0.15) is 53.6 Å². The molecule has 3 aliphatic heterocycles. The normalized spacial score (nSPS) is 25.6. The summed E-state index contributed by atoms with van der Waals surface area (Å²) < 4.78 is 0. The van der Waals surface area contributed by atoms with E-state index in [1.165, 1.54) is 18.4 Å². The summed E-state index contributed by atoms with van der Waals surface area (Å²) in [7, 11) is 2.17. The first kappa shape index (κ1) is 19.1. The zero-order chi connectivity index (χ0) is 19.7. The zero-order valence-corrected chi connectivity index (χ0v) is 16.4. The van der Waals surface area contributed by atoms with E-state index in [2.05, 4.69) is 28.6 Å². The Morgan fingerprint density at radius 1 is 1.14 bits per heavy atom. The number of rotatable bonds is 4. The molecule has 1 aromatic rings. The standard InChI is InChI=1S/C21H28N4O3/c1-24(16-3-2-9-22-10-8-16)12-14-4-5-17-15(11-14)13-25(21(17)28)18-6-7-19(26)23-20(18)27/h4-5,11,16,18,22H,2-3,6-10,12-13H2,1H3,(H,23,26,27). The highest BCUT2D eigenvalue weighted by Crippen LogP contribution is 2.28. The van der Waals surface area contributed by atoms with E-state index in [0.717, 1.165) is 31.6 Å². The number of carbonyl (C=O) groups is 3. The highest BCUT2D eigenvalue weighted by atomic mass is 16.2. The molecule has 3 aliphatic rings. The minimum atomic E-state index is -0.554. The number of piperidine rings is 1. The number of carbonyl (C=O) groups excluding carboxylic acids is 3. The summed E-state index contributed by atoms with van der Waals surface area (Å²) >= 11 is 0. The summed E-state index contributed by atoms with van der Waals surface area (Å²) in [6.45, 7) is 3.45. The van der Waals surface area contributed by atoms with Gasteiger partial charge in [-0.15, -0.1) is 0 Å². The van der Waals surface area contributed by atoms with E-state index in [1.807, 2.05) is 12.1 Å². The lowest BCUT2D eigenvalue weighted by atomic mass is 10.0. The molecule has 0 radical (unpaired) electrons. The Morgan fingerprint density at radius 3 is 2.82 bits per heavy atom. The van der Waals surface area contributed by atoms with Crippen LogP contribution in [0.5, 0.6) is 0 Å². The van der Waals surface area contributed by atoms with Gasteiger partial charge in [0.2, 0.25) is 11.8 Å². The third-order valence-corrected chi connectivity index (χ3v) is 6.19. The molecule has 150 valence electrons. The predicted octanol–water partition coefficient (Wildman–Crippen LogP) is 1.02. The molecule has 0 bridgehead atoms. The monoisotopic (exact) mass is 384 g/mol. The average molecular weight is 384 g/mol. The maximum absolute atomic E-state index is 12.8. The van der Waals surface area contributed by atoms with Crippen molar-refractivity contribution < 1.29 is 14.4 Å². The number of benzene rings is 1. The Labute approximate surface area is 165 Å². The topological polar surface area (TPSA) is 81.8 Å². The molecule has 1 aromatic carbocycles. The lowest BCUT2D eigenvalue weighted by Crippen LogP contribution is -2.52. The van der Waals surface area contributed by atoms with Gasteiger partial charge in [-0.3, -0.25) is 24.6 Å². The molecular formula is C21H28N4O3. The molecule has 2 atom stereocenters. The van der Waals surface area contributed by atoms with E-state index >= 15 is 0 Å². The second-order valence-electron chi connectivity index (χ2n) is 8.14. The van der Waals surface area contributed by atoms with Crippen molar-refractivity contribution in [3.8, 4) is 0 Å². The van der Waals surface area contributed by atoms with Gasteiger partial charge in [-0.05, 0) is 63.0 Å². The molecule has 0 aromatic heterocycles. The van der Waals surface area contributed by atoms with Crippen LogP contribution >= 0.6 is 0 Å². The molecule has 3 amide bonds. The van der Waals surface area contributed by atoms with E-state index in [4.69, 9.17) is 0 Å². The number of hydrogen-bond acceptors (Lipinski definition) is 5. The SMILES string of the molecule is CN(Cc1ccc2c(c1)CN(C1CCC(=O)NC1=O)C2=O)C1CCCNCC1. The van der Waals surface area contributed by atoms with Crippen molar-refractivity contribution in [3.05, 3.63) is 34.9 Å². The minimum absolute atomic E-state index is 0.112. The molecule has 7 nitrogen and oxygen atoms in total. The molecule has 4 rings (SSSR count). The third kappa shape index (κ3) is 3.82. The first-order chi connectivity index (χ1) is 13.5. The molecule has 3 heterocycles. The fourth-order valence-corrected chi connectivity index (χ4v) is 4.58. The van der Waals surface area contributed by atoms with Crippen LogP contribution in [0.4, 0.5) is 0 Å². The van der Waals surface area contributed by atoms with Crippen LogP contribution < -0.4 is 10.6 Å². The lowest BCUT2D eigenvalue weighted by molar-refractivity contribution is -0.136. The average Bonchev–Trinajstić information content (AvgIpc) is 2.85. The van der Waals surface area contributed by atoms with Crippen LogP contribution in [0, 0.1) is 0 Å². The van der Waals surface area contributed by atoms with E-state index < -0.39 is 6.04 Å². The number of fused-ring (bicyclic) bond motifs is 1. The smallest absolute Gasteiger partial charge is 0.255 e. The Hall–Kier alpha value is -2.25. The molecule has 0 saturated carbocycles. The number of amides is 3. The van der Waals surface area contributed by atoms with Crippen LogP contribution in [0.15, 0.2) is 18.2 Å². The second-order valence-corrected chi connectivity index (χ2v) is 8.14. The Morgan fingerprint density at radius 2 is 2.00 bits per heavy atom. The van der Waals surface area contributed by atoms with Crippen molar-refractivity contribution in [3.63, 3.8) is 0 Å². The van der Waals surface area contributed by atoms with E-state index in [-0.39, 0.29) is 24.1 Å². The first-order valence-corrected chi connectivity index (χ1v) is 10.2. The summed E-state index contributed by atoms with van der Waals surface area (Å²) in [6, 6.07) is 6.04. The predicted molar refractivity (Wildman–Crippen MR) is 104 cm³/mol. The van der Waals surface area contributed by atoms with Crippen molar-refractivity contribution in [2.45, 2.75) is 57.3 Å². The number of nitrogens with zero attached hydrogens (tertiary/aromatic N) is 2. The minimum Gasteiger partial charge on any atom is -0.322 e. The van der Waals surface area contributed by atoms with Gasteiger partial charge in [0.05, 0.1) is 0 Å². The van der Waals surface area contributed by atoms with Crippen LogP contribution in [0.3, 0.4) is 0 Å². The van der Waals surface area contributed by atoms with Gasteiger partial charge >= 0.3 is 0 Å². The summed E-state index contributed by atoms with van der Waals surface area (Å²) in [5.74, 6) is -0.733. The molecule has 7 heteroatoms. The Kier molecular flexibility index (Phi) is 5.46. The second kappa shape index (κ2) is 8.01. The fourth-order valence-electron chi connectivity index (χ4n) is 4.58. The molecule has 2 saturated heterocycles. The lowest BCUT2D eigenvalue weighted by Gasteiger charge is -2.29. The van der Waals surface area contributed by atoms with Crippen LogP contribution in [0.2, 0.25) is 0 Å². The van der Waals surface area contributed by atoms with Gasteiger partial charge in [-0.25, -0.2) is 0 Å². The summed E-state index contributed by atoms with van der Waals surface area (Å²) in [6.07, 6.45) is 4.24. The molecule has 0 aliphatic carbocycles. The Bertz CT molecular complexity index is 786. The quantitative estimate of drug-likeness (QED) is 0.758. The molecule has 28 heavy (non-hydrogen) atoms. The van der Waals surface area contributed by atoms with Crippen LogP contribution in [-0.4, -0.2) is 59.7 Å². The number of imide groups is 1. The van der Waals surface area contributed by atoms with Gasteiger partial charge in [0, 0.05) is 31.1 Å². The van der Waals surface area contributed by atoms with E-state index in [1.54, 1.807) is 4.90 Å². The fraction of sp³-hybridized carbons (Fsp3) is 0.571. The van der Waals surface area contributed by atoms with Gasteiger partial charge < -0.3 is 10.2 Å². The van der Waals surface area contributed by atoms with Crippen molar-refractivity contribution >= 4 is 17.7 Å². The number of hydrogen-bond donors (Lipinski definition) is 2. The van der Waals surface area contributed by atoms with Gasteiger partial charge in [0.15, 0.2) is 0 Å². The molecule has 2 fully saturated rings. The summed E-state index contributed by atoms with van der Waals surface area (Å²) in [4.78, 5) is 40.4. The van der Waals surface area contributed by atoms with E-state index in [0.29, 0.717) is 24.6 Å². The zero-order valence-electron chi connectivity index (χ0n) is 16.4. The largest absolute Gasteiger partial charge is 0.322 e. The van der Waals surface area contributed by atoms with Crippen molar-refractivity contribution in [1.29, 1.82) is 0 Å². The van der Waals surface area contributed by atoms with Gasteiger partial charge in [0.25, 0.3) is 5.91 Å². The van der Waals surface area contributed by atoms with Crippen LogP contribution in [-0.2, 0) is 22.7 Å². The maximum atomic E-state index is 12.8. The molecule has 2 unspecified atom stereocenters. The van der Waals surface area contributed by atoms with Crippen molar-refractivity contribution in [1.82, 2.24) is 20.4 Å². The molecule has 0 spiro atoms. The van der Waals surface area contributed by atoms with Crippen LogP contribution in [0.25, 0.3) is 0 Å². The number of nitrogens with one attached hydrogen (secondary N) is 2. The Balaban J connectivity index is 1.45. The van der Waals surface area contributed by atoms with Gasteiger partial charge in [0.1, 0.15) is 6.04 Å². The first-order valence-electron chi connectivity index (χ1n) is 10.2. The maximum Gasteiger partial charge on any atom is 0.255 e. The summed E-state index contributed by atoms with van der Waals surface area (Å²) in [5, 5.41) is 5.80. The van der Waals surface area contributed by atoms with Crippen molar-refractivity contribution in [2.75, 3.05) is 20.1 Å². The van der Waals surface area contributed by atoms with Crippen molar-refractivity contribution in [2.24, 2.45) is 0 Å². The van der Waals surface area contributed by atoms with E-state index in [9.17, 15) is 14.4 Å². The highest BCUT2D eigenvalue weighted by molar-refractivity contribution is 6.05. The molecule has 2 N–H and O–H groups in total. The summed E-state index contributed by atoms with van der Waals surface area (Å²) in [5.41, 5.74) is 2.84. The molecular weight excluding hydrogens is 356 g/mol. The van der Waals surface area contributed by atoms with Gasteiger partial charge in [-0.2, -0.15) is 0 Å². The highest BCUT2D eigenvalue weighted by Gasteiger charge is 2.39.